The number of nitrogens with zero attached hydrogens (tertiary/aromatic N) is 1. The van der Waals surface area contributed by atoms with Gasteiger partial charge in [-0.15, -0.1) is 0 Å². The van der Waals surface area contributed by atoms with Crippen molar-refractivity contribution >= 4 is 23.5 Å². The molecule has 4 heteroatoms. The van der Waals surface area contributed by atoms with Crippen LogP contribution in [-0.2, 0) is 9.63 Å². The van der Waals surface area contributed by atoms with Crippen LogP contribution >= 0.6 is 0 Å². The first kappa shape index (κ1) is 12.8. The first-order valence-corrected chi connectivity index (χ1v) is 5.04. The van der Waals surface area contributed by atoms with Gasteiger partial charge in [0.1, 0.15) is 5.71 Å². The molecule has 1 aromatic rings. The molecule has 0 saturated heterocycles. The fraction of sp³-hybridized carbons (Fsp3) is 0.154. The maximum absolute atomic E-state index is 11.7. The van der Waals surface area contributed by atoms with Crippen molar-refractivity contribution in [3.63, 3.8) is 0 Å². The number of ketones is 1. The fourth-order valence-corrected chi connectivity index (χ4v) is 1.08. The number of carbonyl (C=O) groups is 2. The van der Waals surface area contributed by atoms with Gasteiger partial charge in [0, 0.05) is 6.92 Å². The molecule has 4 nitrogen and oxygen atoms in total. The molecule has 0 aliphatic rings. The lowest BCUT2D eigenvalue weighted by Crippen LogP contribution is -2.09. The molecule has 0 bridgehead atoms. The van der Waals surface area contributed by atoms with E-state index in [1.807, 2.05) is 0 Å². The SMILES string of the molecule is C=Cc1ccccc1C(=O)ON=C(C)C(C)=O. The average molecular weight is 231 g/mol. The molecular weight excluding hydrogens is 218 g/mol. The second-order valence-corrected chi connectivity index (χ2v) is 3.40. The summed E-state index contributed by atoms with van der Waals surface area (Å²) >= 11 is 0. The number of carbonyl (C=O) groups excluding carboxylic acids is 2. The first-order valence-electron chi connectivity index (χ1n) is 5.04. The molecular formula is C13H13NO3. The standard InChI is InChI=1S/C13H13NO3/c1-4-11-7-5-6-8-12(11)13(16)17-14-9(2)10(3)15/h4-8H,1H2,2-3H3. The van der Waals surface area contributed by atoms with Crippen molar-refractivity contribution < 1.29 is 14.4 Å². The maximum Gasteiger partial charge on any atom is 0.366 e. The minimum Gasteiger partial charge on any atom is -0.312 e. The summed E-state index contributed by atoms with van der Waals surface area (Å²) in [5.41, 5.74) is 1.17. The van der Waals surface area contributed by atoms with Gasteiger partial charge >= 0.3 is 5.97 Å². The summed E-state index contributed by atoms with van der Waals surface area (Å²) in [4.78, 5) is 27.2. The lowest BCUT2D eigenvalue weighted by molar-refractivity contribution is -0.111. The molecule has 0 saturated carbocycles. The summed E-state index contributed by atoms with van der Waals surface area (Å²) in [5.74, 6) is -0.851. The Bertz CT molecular complexity index is 489. The van der Waals surface area contributed by atoms with Crippen LogP contribution in [0.4, 0.5) is 0 Å². The van der Waals surface area contributed by atoms with E-state index in [1.165, 1.54) is 13.8 Å². The molecule has 0 N–H and O–H groups in total. The van der Waals surface area contributed by atoms with Crippen LogP contribution in [0.2, 0.25) is 0 Å². The van der Waals surface area contributed by atoms with E-state index in [2.05, 4.69) is 16.6 Å². The molecule has 0 fully saturated rings. The van der Waals surface area contributed by atoms with Crippen molar-refractivity contribution in [2.45, 2.75) is 13.8 Å². The van der Waals surface area contributed by atoms with Gasteiger partial charge in [0.25, 0.3) is 0 Å². The van der Waals surface area contributed by atoms with Crippen molar-refractivity contribution in [1.29, 1.82) is 0 Å². The van der Waals surface area contributed by atoms with E-state index in [0.29, 0.717) is 11.1 Å². The Morgan fingerprint density at radius 1 is 1.29 bits per heavy atom. The van der Waals surface area contributed by atoms with Gasteiger partial charge in [0.05, 0.1) is 5.56 Å². The number of Topliss-reactive ketones (excluding diaryl/α,β-unsaturated/α-hetero) is 1. The second kappa shape index (κ2) is 5.75. The smallest absolute Gasteiger partial charge is 0.312 e. The van der Waals surface area contributed by atoms with Gasteiger partial charge in [-0.2, -0.15) is 0 Å². The highest BCUT2D eigenvalue weighted by molar-refractivity contribution is 6.37. The topological polar surface area (TPSA) is 55.7 Å². The van der Waals surface area contributed by atoms with Crippen LogP contribution in [0, 0.1) is 0 Å². The monoisotopic (exact) mass is 231 g/mol. The summed E-state index contributed by atoms with van der Waals surface area (Å²) in [6.07, 6.45) is 1.55. The van der Waals surface area contributed by atoms with Gasteiger partial charge < -0.3 is 4.84 Å². The second-order valence-electron chi connectivity index (χ2n) is 3.40. The van der Waals surface area contributed by atoms with Crippen LogP contribution < -0.4 is 0 Å². The first-order chi connectivity index (χ1) is 8.06. The molecule has 0 aliphatic heterocycles. The molecule has 0 radical (unpaired) electrons. The fourth-order valence-electron chi connectivity index (χ4n) is 1.08. The third-order valence-corrected chi connectivity index (χ3v) is 2.18. The minimum absolute atomic E-state index is 0.148. The largest absolute Gasteiger partial charge is 0.366 e. The van der Waals surface area contributed by atoms with Gasteiger partial charge in [-0.3, -0.25) is 4.79 Å². The molecule has 0 atom stereocenters. The van der Waals surface area contributed by atoms with Gasteiger partial charge in [0.2, 0.25) is 0 Å². The van der Waals surface area contributed by atoms with E-state index >= 15 is 0 Å². The number of oxime groups is 1. The Morgan fingerprint density at radius 2 is 1.94 bits per heavy atom. The molecule has 0 aliphatic carbocycles. The highest BCUT2D eigenvalue weighted by atomic mass is 16.7. The van der Waals surface area contributed by atoms with Crippen molar-refractivity contribution in [2.24, 2.45) is 5.16 Å². The molecule has 0 aromatic heterocycles. The van der Waals surface area contributed by atoms with Crippen LogP contribution in [0.3, 0.4) is 0 Å². The Kier molecular flexibility index (Phi) is 4.34. The third-order valence-electron chi connectivity index (χ3n) is 2.18. The third kappa shape index (κ3) is 3.38. The van der Waals surface area contributed by atoms with E-state index in [-0.39, 0.29) is 11.5 Å². The Morgan fingerprint density at radius 3 is 2.53 bits per heavy atom. The van der Waals surface area contributed by atoms with Crippen LogP contribution in [0.15, 0.2) is 36.0 Å². The van der Waals surface area contributed by atoms with Crippen LogP contribution in [0.5, 0.6) is 0 Å². The molecule has 0 heterocycles. The summed E-state index contributed by atoms with van der Waals surface area (Å²) in [5, 5.41) is 3.46. The zero-order chi connectivity index (χ0) is 12.8. The molecule has 17 heavy (non-hydrogen) atoms. The van der Waals surface area contributed by atoms with Gasteiger partial charge in [-0.05, 0) is 18.6 Å². The molecule has 88 valence electrons. The van der Waals surface area contributed by atoms with E-state index < -0.39 is 5.97 Å². The van der Waals surface area contributed by atoms with E-state index in [9.17, 15) is 9.59 Å². The Hall–Kier alpha value is -2.23. The van der Waals surface area contributed by atoms with Crippen molar-refractivity contribution in [3.8, 4) is 0 Å². The zero-order valence-electron chi connectivity index (χ0n) is 9.77. The van der Waals surface area contributed by atoms with Crippen LogP contribution in [-0.4, -0.2) is 17.5 Å². The minimum atomic E-state index is -0.610. The quantitative estimate of drug-likeness (QED) is 0.454. The maximum atomic E-state index is 11.7. The van der Waals surface area contributed by atoms with Crippen molar-refractivity contribution in [3.05, 3.63) is 42.0 Å². The van der Waals surface area contributed by atoms with Crippen molar-refractivity contribution in [1.82, 2.24) is 0 Å². The number of rotatable bonds is 4. The van der Waals surface area contributed by atoms with Gasteiger partial charge in [0.15, 0.2) is 5.78 Å². The number of hydrogen-bond donors (Lipinski definition) is 0. The van der Waals surface area contributed by atoms with E-state index in [1.54, 1.807) is 30.3 Å². The Labute approximate surface area is 99.6 Å². The van der Waals surface area contributed by atoms with Crippen LogP contribution in [0.25, 0.3) is 6.08 Å². The predicted molar refractivity (Wildman–Crippen MR) is 65.7 cm³/mol. The summed E-state index contributed by atoms with van der Waals surface area (Å²) in [6.45, 7) is 6.43. The molecule has 0 spiro atoms. The lowest BCUT2D eigenvalue weighted by Gasteiger charge is -2.02. The highest BCUT2D eigenvalue weighted by Crippen LogP contribution is 2.11. The van der Waals surface area contributed by atoms with E-state index in [0.717, 1.165) is 0 Å². The molecule has 0 amide bonds. The zero-order valence-corrected chi connectivity index (χ0v) is 9.77. The number of hydrogen-bond acceptors (Lipinski definition) is 4. The predicted octanol–water partition coefficient (Wildman–Crippen LogP) is 2.45. The molecule has 1 rings (SSSR count). The molecule has 1 aromatic carbocycles. The summed E-state index contributed by atoms with van der Waals surface area (Å²) in [7, 11) is 0. The average Bonchev–Trinajstić information content (AvgIpc) is 2.35. The Balaban J connectivity index is 2.87. The summed E-state index contributed by atoms with van der Waals surface area (Å²) < 4.78 is 0. The normalized spacial score (nSPS) is 10.8. The van der Waals surface area contributed by atoms with E-state index in [4.69, 9.17) is 0 Å². The van der Waals surface area contributed by atoms with Crippen molar-refractivity contribution in [2.75, 3.05) is 0 Å². The highest BCUT2D eigenvalue weighted by Gasteiger charge is 2.11. The molecule has 0 unspecified atom stereocenters. The van der Waals surface area contributed by atoms with Crippen LogP contribution in [0.1, 0.15) is 29.8 Å². The summed E-state index contributed by atoms with van der Waals surface area (Å²) in [6, 6.07) is 6.85. The van der Waals surface area contributed by atoms with Gasteiger partial charge in [-0.25, -0.2) is 4.79 Å². The number of benzene rings is 1. The lowest BCUT2D eigenvalue weighted by atomic mass is 10.1. The van der Waals surface area contributed by atoms with Gasteiger partial charge in [-0.1, -0.05) is 36.0 Å².